The Bertz CT molecular complexity index is 965. The Hall–Kier alpha value is -2.81. The fraction of sp³-hybridized carbons (Fsp3) is 0. The van der Waals surface area contributed by atoms with Gasteiger partial charge in [-0.2, -0.15) is 9.61 Å². The monoisotopic (exact) mass is 316 g/mol. The maximum absolute atomic E-state index is 13.3. The molecule has 9 heteroatoms. The van der Waals surface area contributed by atoms with Gasteiger partial charge in [0.1, 0.15) is 10.7 Å². The van der Waals surface area contributed by atoms with Crippen molar-refractivity contribution in [3.8, 4) is 22.1 Å². The molecule has 22 heavy (non-hydrogen) atoms. The van der Waals surface area contributed by atoms with Crippen LogP contribution in [0.4, 0.5) is 8.78 Å². The summed E-state index contributed by atoms with van der Waals surface area (Å²) in [4.78, 5) is 8.65. The van der Waals surface area contributed by atoms with Crippen LogP contribution in [0.15, 0.2) is 36.8 Å². The van der Waals surface area contributed by atoms with Crippen molar-refractivity contribution in [2.45, 2.75) is 0 Å². The fourth-order valence-corrected chi connectivity index (χ4v) is 2.77. The van der Waals surface area contributed by atoms with Crippen LogP contribution in [-0.2, 0) is 0 Å². The molecule has 3 heterocycles. The second kappa shape index (κ2) is 4.88. The predicted molar refractivity (Wildman–Crippen MR) is 75.0 cm³/mol. The molecule has 0 aliphatic carbocycles. The van der Waals surface area contributed by atoms with Crippen LogP contribution in [0.25, 0.3) is 27.1 Å². The highest BCUT2D eigenvalue weighted by Gasteiger charge is 2.16. The molecule has 4 rings (SSSR count). The first kappa shape index (κ1) is 12.9. The van der Waals surface area contributed by atoms with Crippen molar-refractivity contribution in [2.75, 3.05) is 0 Å². The van der Waals surface area contributed by atoms with Crippen molar-refractivity contribution >= 4 is 16.3 Å². The van der Waals surface area contributed by atoms with Crippen molar-refractivity contribution < 1.29 is 8.78 Å². The van der Waals surface area contributed by atoms with Gasteiger partial charge >= 0.3 is 0 Å². The van der Waals surface area contributed by atoms with E-state index < -0.39 is 11.6 Å². The zero-order valence-corrected chi connectivity index (χ0v) is 11.6. The quantitative estimate of drug-likeness (QED) is 0.568. The Morgan fingerprint density at radius 2 is 1.95 bits per heavy atom. The van der Waals surface area contributed by atoms with Crippen molar-refractivity contribution in [2.24, 2.45) is 0 Å². The standard InChI is InChI=1S/C13H6F2N6S/c14-8-2-1-7(5-9(8)15)12-20-21-11(18-19-13(21)22-12)10-6-16-3-4-17-10/h1-6H. The summed E-state index contributed by atoms with van der Waals surface area (Å²) in [5.41, 5.74) is 0.997. The van der Waals surface area contributed by atoms with Gasteiger partial charge in [0.15, 0.2) is 11.6 Å². The Balaban J connectivity index is 1.85. The third kappa shape index (κ3) is 2.02. The molecule has 4 aromatic rings. The Labute approximate surface area is 126 Å². The van der Waals surface area contributed by atoms with Crippen molar-refractivity contribution in [1.29, 1.82) is 0 Å². The van der Waals surface area contributed by atoms with Crippen LogP contribution in [-0.4, -0.2) is 29.8 Å². The Morgan fingerprint density at radius 1 is 1.05 bits per heavy atom. The number of rotatable bonds is 2. The molecule has 0 N–H and O–H groups in total. The van der Waals surface area contributed by atoms with E-state index in [9.17, 15) is 8.78 Å². The Morgan fingerprint density at radius 3 is 2.73 bits per heavy atom. The number of hydrogen-bond acceptors (Lipinski definition) is 6. The molecular weight excluding hydrogens is 310 g/mol. The highest BCUT2D eigenvalue weighted by molar-refractivity contribution is 7.19. The highest BCUT2D eigenvalue weighted by Crippen LogP contribution is 2.28. The minimum absolute atomic E-state index is 0.438. The van der Waals surface area contributed by atoms with E-state index in [2.05, 4.69) is 25.3 Å². The lowest BCUT2D eigenvalue weighted by atomic mass is 10.2. The van der Waals surface area contributed by atoms with Crippen LogP contribution in [0.1, 0.15) is 0 Å². The largest absolute Gasteiger partial charge is 0.261 e. The van der Waals surface area contributed by atoms with Gasteiger partial charge in [-0.1, -0.05) is 11.3 Å². The molecule has 0 atom stereocenters. The highest BCUT2D eigenvalue weighted by atomic mass is 32.1. The smallest absolute Gasteiger partial charge is 0.235 e. The number of halogens is 2. The first-order chi connectivity index (χ1) is 10.7. The summed E-state index contributed by atoms with van der Waals surface area (Å²) in [7, 11) is 0. The van der Waals surface area contributed by atoms with Crippen LogP contribution in [0.3, 0.4) is 0 Å². The molecule has 0 saturated carbocycles. The molecule has 0 radical (unpaired) electrons. The summed E-state index contributed by atoms with van der Waals surface area (Å²) in [5.74, 6) is -1.38. The summed E-state index contributed by atoms with van der Waals surface area (Å²) in [6, 6.07) is 3.63. The zero-order chi connectivity index (χ0) is 15.1. The van der Waals surface area contributed by atoms with E-state index in [4.69, 9.17) is 0 Å². The van der Waals surface area contributed by atoms with Gasteiger partial charge in [-0.15, -0.1) is 10.2 Å². The van der Waals surface area contributed by atoms with Crippen LogP contribution in [0, 0.1) is 11.6 Å². The average molecular weight is 316 g/mol. The van der Waals surface area contributed by atoms with Gasteiger partial charge in [-0.05, 0) is 18.2 Å². The zero-order valence-electron chi connectivity index (χ0n) is 10.8. The molecular formula is C13H6F2N6S. The number of aromatic nitrogens is 6. The van der Waals surface area contributed by atoms with Gasteiger partial charge in [-0.25, -0.2) is 13.8 Å². The van der Waals surface area contributed by atoms with E-state index in [-0.39, 0.29) is 0 Å². The molecule has 0 amide bonds. The van der Waals surface area contributed by atoms with Gasteiger partial charge in [0.2, 0.25) is 10.8 Å². The first-order valence-electron chi connectivity index (χ1n) is 6.16. The van der Waals surface area contributed by atoms with Crippen LogP contribution >= 0.6 is 11.3 Å². The van der Waals surface area contributed by atoms with Crippen molar-refractivity contribution in [3.05, 3.63) is 48.4 Å². The predicted octanol–water partition coefficient (Wildman–Crippen LogP) is 2.59. The van der Waals surface area contributed by atoms with Gasteiger partial charge in [-0.3, -0.25) is 4.98 Å². The summed E-state index contributed by atoms with van der Waals surface area (Å²) in [6.45, 7) is 0. The molecule has 0 unspecified atom stereocenters. The molecule has 1 aromatic carbocycles. The number of hydrogen-bond donors (Lipinski definition) is 0. The van der Waals surface area contributed by atoms with E-state index in [0.717, 1.165) is 12.1 Å². The molecule has 0 saturated heterocycles. The summed E-state index contributed by atoms with van der Waals surface area (Å²) < 4.78 is 27.9. The third-order valence-corrected chi connectivity index (χ3v) is 3.90. The summed E-state index contributed by atoms with van der Waals surface area (Å²) in [5, 5.41) is 12.9. The van der Waals surface area contributed by atoms with Crippen LogP contribution in [0.5, 0.6) is 0 Å². The van der Waals surface area contributed by atoms with E-state index in [1.165, 1.54) is 21.9 Å². The molecule has 0 aliphatic rings. The minimum Gasteiger partial charge on any atom is -0.261 e. The average Bonchev–Trinajstić information content (AvgIpc) is 3.11. The summed E-state index contributed by atoms with van der Waals surface area (Å²) >= 11 is 1.22. The van der Waals surface area contributed by atoms with Crippen LogP contribution in [0.2, 0.25) is 0 Å². The molecule has 0 spiro atoms. The van der Waals surface area contributed by atoms with Gasteiger partial charge in [0, 0.05) is 18.0 Å². The minimum atomic E-state index is -0.919. The molecule has 0 fully saturated rings. The lowest BCUT2D eigenvalue weighted by Gasteiger charge is -1.97. The molecule has 108 valence electrons. The van der Waals surface area contributed by atoms with Crippen molar-refractivity contribution in [1.82, 2.24) is 29.8 Å². The molecule has 6 nitrogen and oxygen atoms in total. The second-order valence-electron chi connectivity index (χ2n) is 4.34. The normalized spacial score (nSPS) is 11.2. The maximum Gasteiger partial charge on any atom is 0.235 e. The SMILES string of the molecule is Fc1ccc(-c2nn3c(-c4cnccn4)nnc3s2)cc1F. The first-order valence-corrected chi connectivity index (χ1v) is 6.98. The number of nitrogens with zero attached hydrogens (tertiary/aromatic N) is 6. The van der Waals surface area contributed by atoms with Gasteiger partial charge < -0.3 is 0 Å². The van der Waals surface area contributed by atoms with Crippen LogP contribution < -0.4 is 0 Å². The topological polar surface area (TPSA) is 68.9 Å². The number of fused-ring (bicyclic) bond motifs is 1. The van der Waals surface area contributed by atoms with Crippen molar-refractivity contribution in [3.63, 3.8) is 0 Å². The maximum atomic E-state index is 13.3. The summed E-state index contributed by atoms with van der Waals surface area (Å²) in [6.07, 6.45) is 4.64. The lowest BCUT2D eigenvalue weighted by molar-refractivity contribution is 0.509. The molecule has 0 aliphatic heterocycles. The third-order valence-electron chi connectivity index (χ3n) is 2.95. The van der Waals surface area contributed by atoms with Gasteiger partial charge in [0.05, 0.1) is 6.20 Å². The Kier molecular flexibility index (Phi) is 2.86. The lowest BCUT2D eigenvalue weighted by Crippen LogP contribution is -1.94. The molecule has 3 aromatic heterocycles. The molecule has 0 bridgehead atoms. The fourth-order valence-electron chi connectivity index (χ4n) is 1.94. The number of benzene rings is 1. The second-order valence-corrected chi connectivity index (χ2v) is 5.30. The van der Waals surface area contributed by atoms with E-state index in [1.807, 2.05) is 0 Å². The van der Waals surface area contributed by atoms with E-state index >= 15 is 0 Å². The van der Waals surface area contributed by atoms with E-state index in [1.54, 1.807) is 18.6 Å². The van der Waals surface area contributed by atoms with Gasteiger partial charge in [0.25, 0.3) is 0 Å². The van der Waals surface area contributed by atoms with E-state index in [0.29, 0.717) is 27.1 Å².